The van der Waals surface area contributed by atoms with Crippen LogP contribution in [-0.2, 0) is 9.59 Å². The Labute approximate surface area is 119 Å². The second-order valence-electron chi connectivity index (χ2n) is 7.02. The van der Waals surface area contributed by atoms with Crippen molar-refractivity contribution in [3.05, 3.63) is 12.2 Å². The molecule has 4 bridgehead atoms. The van der Waals surface area contributed by atoms with Crippen LogP contribution in [0.4, 0.5) is 0 Å². The van der Waals surface area contributed by atoms with Crippen LogP contribution in [0.15, 0.2) is 12.2 Å². The van der Waals surface area contributed by atoms with Crippen molar-refractivity contribution >= 4 is 11.8 Å². The maximum atomic E-state index is 12.3. The zero-order valence-corrected chi connectivity index (χ0v) is 11.7. The van der Waals surface area contributed by atoms with Crippen LogP contribution in [0.2, 0.25) is 0 Å². The number of hydrogen-bond acceptors (Lipinski definition) is 3. The molecule has 1 N–H and O–H groups in total. The van der Waals surface area contributed by atoms with E-state index in [1.165, 1.54) is 19.5 Å². The van der Waals surface area contributed by atoms with Gasteiger partial charge in [-0.1, -0.05) is 6.08 Å². The monoisotopic (exact) mass is 275 g/mol. The Kier molecular flexibility index (Phi) is 2.67. The Morgan fingerprint density at radius 2 is 2.10 bits per heavy atom. The minimum absolute atomic E-state index is 0.00481. The fourth-order valence-corrected chi connectivity index (χ4v) is 4.86. The number of nitrogens with zero attached hydrogens (tertiary/aromatic N) is 2. The van der Waals surface area contributed by atoms with Crippen molar-refractivity contribution in [1.29, 1.82) is 0 Å². The van der Waals surface area contributed by atoms with Crippen molar-refractivity contribution in [3.8, 4) is 0 Å². The molecule has 5 nitrogen and oxygen atoms in total. The first-order chi connectivity index (χ1) is 9.62. The molecule has 0 aromatic rings. The smallest absolute Gasteiger partial charge is 0.247 e. The number of amides is 2. The molecular weight excluding hydrogens is 254 g/mol. The Bertz CT molecular complexity index is 450. The Hall–Kier alpha value is -1.36. The third-order valence-corrected chi connectivity index (χ3v) is 5.22. The number of piperidine rings is 3. The lowest BCUT2D eigenvalue weighted by molar-refractivity contribution is -0.134. The molecular formula is C15H21N3O2. The molecule has 20 heavy (non-hydrogen) atoms. The van der Waals surface area contributed by atoms with Crippen molar-refractivity contribution in [1.82, 2.24) is 15.1 Å². The average Bonchev–Trinajstić information content (AvgIpc) is 2.72. The van der Waals surface area contributed by atoms with Crippen LogP contribution in [0.5, 0.6) is 0 Å². The lowest BCUT2D eigenvalue weighted by Gasteiger charge is -2.58. The maximum Gasteiger partial charge on any atom is 0.247 e. The highest BCUT2D eigenvalue weighted by atomic mass is 16.2. The van der Waals surface area contributed by atoms with Gasteiger partial charge in [-0.2, -0.15) is 0 Å². The van der Waals surface area contributed by atoms with Crippen LogP contribution in [0.3, 0.4) is 0 Å². The van der Waals surface area contributed by atoms with Gasteiger partial charge in [-0.05, 0) is 31.1 Å². The van der Waals surface area contributed by atoms with Gasteiger partial charge in [0.2, 0.25) is 11.8 Å². The van der Waals surface area contributed by atoms with E-state index in [1.807, 2.05) is 6.08 Å². The summed E-state index contributed by atoms with van der Waals surface area (Å²) in [6, 6.07) is 0. The van der Waals surface area contributed by atoms with Crippen LogP contribution in [-0.4, -0.2) is 59.9 Å². The summed E-state index contributed by atoms with van der Waals surface area (Å²) in [4.78, 5) is 27.9. The molecule has 1 aliphatic carbocycles. The summed E-state index contributed by atoms with van der Waals surface area (Å²) < 4.78 is 0. The van der Waals surface area contributed by atoms with Crippen molar-refractivity contribution in [2.75, 3.05) is 32.7 Å². The Balaban J connectivity index is 1.41. The molecule has 5 aliphatic rings. The molecule has 3 saturated heterocycles. The van der Waals surface area contributed by atoms with E-state index in [0.717, 1.165) is 31.2 Å². The normalized spacial score (nSPS) is 41.5. The third-order valence-electron chi connectivity index (χ3n) is 5.22. The molecule has 0 spiro atoms. The summed E-state index contributed by atoms with van der Waals surface area (Å²) in [7, 11) is 0. The van der Waals surface area contributed by atoms with Crippen molar-refractivity contribution in [2.24, 2.45) is 11.8 Å². The van der Waals surface area contributed by atoms with E-state index in [-0.39, 0.29) is 23.9 Å². The van der Waals surface area contributed by atoms with Crippen LogP contribution >= 0.6 is 0 Å². The fraction of sp³-hybridized carbons (Fsp3) is 0.733. The average molecular weight is 275 g/mol. The van der Waals surface area contributed by atoms with E-state index in [9.17, 15) is 9.59 Å². The van der Waals surface area contributed by atoms with E-state index >= 15 is 0 Å². The van der Waals surface area contributed by atoms with Crippen LogP contribution in [0.25, 0.3) is 0 Å². The van der Waals surface area contributed by atoms with Gasteiger partial charge < -0.3 is 15.1 Å². The highest BCUT2D eigenvalue weighted by Crippen LogP contribution is 2.45. The molecule has 2 amide bonds. The molecule has 0 aromatic heterocycles. The van der Waals surface area contributed by atoms with E-state index in [2.05, 4.69) is 10.2 Å². The van der Waals surface area contributed by atoms with Crippen molar-refractivity contribution in [3.63, 3.8) is 0 Å². The highest BCUT2D eigenvalue weighted by Gasteiger charge is 2.50. The topological polar surface area (TPSA) is 52.7 Å². The molecule has 0 radical (unpaired) electrons. The summed E-state index contributed by atoms with van der Waals surface area (Å²) in [5.41, 5.74) is -0.0165. The second kappa shape index (κ2) is 4.32. The lowest BCUT2D eigenvalue weighted by Crippen LogP contribution is -2.69. The van der Waals surface area contributed by atoms with Crippen LogP contribution in [0.1, 0.15) is 19.3 Å². The summed E-state index contributed by atoms with van der Waals surface area (Å²) in [6.45, 7) is 4.18. The maximum absolute atomic E-state index is 12.3. The molecule has 4 fully saturated rings. The van der Waals surface area contributed by atoms with E-state index in [1.54, 1.807) is 11.0 Å². The molecule has 1 saturated carbocycles. The van der Waals surface area contributed by atoms with Gasteiger partial charge >= 0.3 is 0 Å². The van der Waals surface area contributed by atoms with E-state index < -0.39 is 0 Å². The minimum Gasteiger partial charge on any atom is -0.348 e. The number of nitrogens with one attached hydrogen (secondary N) is 1. The van der Waals surface area contributed by atoms with Gasteiger partial charge in [0.1, 0.15) is 6.54 Å². The summed E-state index contributed by atoms with van der Waals surface area (Å²) in [6.07, 6.45) is 6.94. The Morgan fingerprint density at radius 3 is 2.70 bits per heavy atom. The molecule has 108 valence electrons. The van der Waals surface area contributed by atoms with Gasteiger partial charge in [0.05, 0.1) is 5.54 Å². The predicted octanol–water partition coefficient (Wildman–Crippen LogP) is -0.0147. The molecule has 4 atom stereocenters. The summed E-state index contributed by atoms with van der Waals surface area (Å²) >= 11 is 0. The number of carbonyl (C=O) groups is 2. The number of rotatable bonds is 3. The molecule has 0 aromatic carbocycles. The first-order valence-corrected chi connectivity index (χ1v) is 7.61. The number of carbonyl (C=O) groups excluding carboxylic acids is 2. The fourth-order valence-electron chi connectivity index (χ4n) is 4.86. The van der Waals surface area contributed by atoms with Gasteiger partial charge in [-0.3, -0.25) is 9.59 Å². The standard InChI is InChI=1S/C15H21N3O2/c19-13(9-18-3-1-2-14(18)20)16-15-5-11-4-12(6-15)8-17(7-11)10-15/h1-2,11-12H,3-10H2,(H,16,19)/t11-,12+,15?. The molecule has 5 rings (SSSR count). The van der Waals surface area contributed by atoms with E-state index in [0.29, 0.717) is 6.54 Å². The summed E-state index contributed by atoms with van der Waals surface area (Å²) in [5, 5.41) is 3.27. The first-order valence-electron chi connectivity index (χ1n) is 7.61. The van der Waals surface area contributed by atoms with Crippen LogP contribution in [0, 0.1) is 11.8 Å². The van der Waals surface area contributed by atoms with Crippen molar-refractivity contribution < 1.29 is 9.59 Å². The minimum atomic E-state index is -0.0468. The predicted molar refractivity (Wildman–Crippen MR) is 73.9 cm³/mol. The largest absolute Gasteiger partial charge is 0.348 e. The van der Waals surface area contributed by atoms with Gasteiger partial charge in [0, 0.05) is 32.3 Å². The molecule has 4 heterocycles. The van der Waals surface area contributed by atoms with Crippen molar-refractivity contribution in [2.45, 2.75) is 24.8 Å². The van der Waals surface area contributed by atoms with Crippen LogP contribution < -0.4 is 5.32 Å². The zero-order chi connectivity index (χ0) is 13.7. The van der Waals surface area contributed by atoms with Gasteiger partial charge in [-0.15, -0.1) is 0 Å². The molecule has 4 aliphatic heterocycles. The molecule has 2 unspecified atom stereocenters. The Morgan fingerprint density at radius 1 is 1.35 bits per heavy atom. The zero-order valence-electron chi connectivity index (χ0n) is 11.7. The third kappa shape index (κ3) is 2.04. The number of hydrogen-bond donors (Lipinski definition) is 1. The summed E-state index contributed by atoms with van der Waals surface area (Å²) in [5.74, 6) is 1.47. The van der Waals surface area contributed by atoms with Gasteiger partial charge in [0.25, 0.3) is 0 Å². The quantitative estimate of drug-likeness (QED) is 0.788. The SMILES string of the molecule is O=C(CN1CC=CC1=O)NC12C[C@@H]3C[C@@H](CN(C3)C1)C2. The lowest BCUT2D eigenvalue weighted by atomic mass is 9.64. The first kappa shape index (κ1) is 12.4. The molecule has 5 heteroatoms. The van der Waals surface area contributed by atoms with Gasteiger partial charge in [0.15, 0.2) is 0 Å². The van der Waals surface area contributed by atoms with E-state index in [4.69, 9.17) is 0 Å². The van der Waals surface area contributed by atoms with Gasteiger partial charge in [-0.25, -0.2) is 0 Å². The second-order valence-corrected chi connectivity index (χ2v) is 7.02. The highest BCUT2D eigenvalue weighted by molar-refractivity contribution is 5.93.